The van der Waals surface area contributed by atoms with E-state index >= 15 is 0 Å². The second-order valence-corrected chi connectivity index (χ2v) is 32.6. The van der Waals surface area contributed by atoms with Crippen LogP contribution in [0, 0.1) is 5.92 Å². The number of fused-ring (bicyclic) bond motifs is 4. The molecule has 3 atom stereocenters. The summed E-state index contributed by atoms with van der Waals surface area (Å²) in [6.45, 7) is 1.90. The number of rotatable bonds is 18. The van der Waals surface area contributed by atoms with E-state index in [2.05, 4.69) is 59.3 Å². The van der Waals surface area contributed by atoms with Crippen LogP contribution in [-0.4, -0.2) is 86.1 Å². The Hall–Kier alpha value is -9.88. The Labute approximate surface area is 707 Å². The highest BCUT2D eigenvalue weighted by atomic mass is 35.5. The molecule has 0 saturated heterocycles. The van der Waals surface area contributed by atoms with Gasteiger partial charge in [0.15, 0.2) is 17.1 Å². The van der Waals surface area contributed by atoms with Crippen LogP contribution in [0.25, 0.3) is 52.0 Å². The van der Waals surface area contributed by atoms with Gasteiger partial charge in [-0.15, -0.1) is 0 Å². The zero-order valence-corrected chi connectivity index (χ0v) is 69.9. The van der Waals surface area contributed by atoms with E-state index in [1.807, 2.05) is 143 Å². The van der Waals surface area contributed by atoms with Gasteiger partial charge >= 0.3 is 0 Å². The number of nitrogens with zero attached hydrogens (tertiary/aromatic N) is 6. The predicted molar refractivity (Wildman–Crippen MR) is 468 cm³/mol. The fourth-order valence-corrected chi connectivity index (χ4v) is 18.0. The Morgan fingerprint density at radius 1 is 0.440 bits per heavy atom. The average Bonchev–Trinajstić information content (AvgIpc) is 1.62. The van der Waals surface area contributed by atoms with Crippen molar-refractivity contribution in [1.82, 2.24) is 45.3 Å². The van der Waals surface area contributed by atoms with Crippen molar-refractivity contribution in [2.45, 2.75) is 147 Å². The van der Waals surface area contributed by atoms with E-state index in [-0.39, 0.29) is 36.4 Å². The molecule has 1 saturated carbocycles. The molecule has 0 unspecified atom stereocenters. The number of allylic oxidation sites excluding steroid dienone is 3. The van der Waals surface area contributed by atoms with Gasteiger partial charge in [-0.25, -0.2) is 14.0 Å². The Bertz CT molecular complexity index is 5270. The van der Waals surface area contributed by atoms with Crippen LogP contribution in [0.1, 0.15) is 214 Å². The van der Waals surface area contributed by atoms with Gasteiger partial charge in [-0.05, 0) is 275 Å². The fraction of sp³-hybridized carbons (Fsp3) is 0.298. The molecule has 22 heteroatoms. The number of hydrogen-bond donors (Lipinski definition) is 4. The molecule has 8 aromatic carbocycles. The minimum Gasteiger partial charge on any atom is -0.497 e. The molecule has 1 fully saturated rings. The van der Waals surface area contributed by atoms with Crippen LogP contribution >= 0.6 is 69.6 Å². The third kappa shape index (κ3) is 19.2. The van der Waals surface area contributed by atoms with Crippen molar-refractivity contribution in [3.8, 4) is 34.3 Å². The predicted octanol–water partition coefficient (Wildman–Crippen LogP) is 22.9. The molecular formula is C94H93Cl6N9O7. The van der Waals surface area contributed by atoms with Gasteiger partial charge in [0.1, 0.15) is 17.2 Å². The van der Waals surface area contributed by atoms with Crippen LogP contribution in [-0.2, 0) is 25.7 Å². The Morgan fingerprint density at radius 2 is 0.819 bits per heavy atom. The summed E-state index contributed by atoms with van der Waals surface area (Å²) < 4.78 is 21.4. The Morgan fingerprint density at radius 3 is 1.22 bits per heavy atom. The maximum atomic E-state index is 13.8. The molecule has 3 heterocycles. The largest absolute Gasteiger partial charge is 0.497 e. The van der Waals surface area contributed by atoms with E-state index in [9.17, 15) is 19.5 Å². The van der Waals surface area contributed by atoms with Crippen LogP contribution in [0.5, 0.6) is 17.2 Å². The minimum absolute atomic E-state index is 0.0197. The van der Waals surface area contributed by atoms with E-state index in [4.69, 9.17) is 99.1 Å². The fourth-order valence-electron chi connectivity index (χ4n) is 16.5. The number of aromatic nitrogens is 6. The Balaban J connectivity index is 0.000000143. The molecule has 4 N–H and O–H groups in total. The number of nitrogens with one attached hydrogen (secondary N) is 3. The number of aliphatic hydroxyl groups excluding tert-OH is 1. The molecule has 0 spiro atoms. The van der Waals surface area contributed by atoms with Crippen LogP contribution in [0.2, 0.25) is 30.1 Å². The van der Waals surface area contributed by atoms with Gasteiger partial charge in [-0.2, -0.15) is 15.3 Å². The molecule has 16 rings (SSSR count). The number of carbonyl (C=O) groups is 3. The lowest BCUT2D eigenvalue weighted by Gasteiger charge is -2.28. The van der Waals surface area contributed by atoms with Crippen molar-refractivity contribution in [3.05, 3.63) is 296 Å². The van der Waals surface area contributed by atoms with E-state index < -0.39 is 6.04 Å². The highest BCUT2D eigenvalue weighted by Crippen LogP contribution is 2.43. The minimum atomic E-state index is -0.557. The highest BCUT2D eigenvalue weighted by Gasteiger charge is 2.35. The summed E-state index contributed by atoms with van der Waals surface area (Å²) >= 11 is 38.7. The first kappa shape index (κ1) is 82.6. The van der Waals surface area contributed by atoms with Crippen LogP contribution in [0.4, 0.5) is 0 Å². The summed E-state index contributed by atoms with van der Waals surface area (Å²) in [6, 6.07) is 57.2. The van der Waals surface area contributed by atoms with Gasteiger partial charge in [0.25, 0.3) is 17.7 Å². The summed E-state index contributed by atoms with van der Waals surface area (Å²) in [5.41, 5.74) is 18.7. The summed E-state index contributed by atoms with van der Waals surface area (Å²) in [7, 11) is 4.97. The smallest absolute Gasteiger partial charge is 0.272 e. The lowest BCUT2D eigenvalue weighted by Crippen LogP contribution is -2.39. The van der Waals surface area contributed by atoms with E-state index in [0.29, 0.717) is 76.6 Å². The van der Waals surface area contributed by atoms with Gasteiger partial charge in [0.2, 0.25) is 0 Å². The molecule has 16 nitrogen and oxygen atoms in total. The molecule has 3 aromatic heterocycles. The van der Waals surface area contributed by atoms with Gasteiger partial charge < -0.3 is 35.3 Å². The zero-order chi connectivity index (χ0) is 80.9. The van der Waals surface area contributed by atoms with E-state index in [1.54, 1.807) is 56.3 Å². The monoisotopic (exact) mass is 1670 g/mol. The topological polar surface area (TPSA) is 189 Å². The molecule has 598 valence electrons. The molecule has 0 aliphatic heterocycles. The lowest BCUT2D eigenvalue weighted by molar-refractivity contribution is 0.0903. The standard InChI is InChI=1S/C32H29Cl2N3O2.C31H29Cl2N3O3.C31H35Cl2N3O2/c1-39-24-14-10-20(11-15-24)18-22-7-3-5-9-26-30(32(38)35-28-16-12-21-6-2-4-8-25(21)28)36-37(31(22)26)29-17-13-23(33)19-27(29)34;1-39-24-14-11-20(12-15-24)17-22-9-5-6-10-25-29(31(38)34-27(19-37)21-7-3-2-4-8-21)35-36(30(22)25)28-16-13-23(32)18-26(28)33;1-20(22-8-4-3-5-9-22)34-31(37)29-26-11-7-6-10-23(18-21-12-15-25(38-2)16-13-21)30(26)36(35-29)28-17-14-24(32)19-27(28)33/h2,4,6,8,10-11,13-15,17-19,28H,3,5,7,9,12,16H2,1H3,(H,35,38);2-4,7-8,11-18,27,37H,5-6,9-10,19H2,1H3,(H,34,38);12-20,22H,3-11H2,1-2H3,(H,34,37)/b22-18+;22-17+;23-18+/t28-;27-;20-/m111/s1. The van der Waals surface area contributed by atoms with Crippen molar-refractivity contribution in [2.24, 2.45) is 5.92 Å². The maximum absolute atomic E-state index is 13.8. The van der Waals surface area contributed by atoms with Crippen LogP contribution < -0.4 is 30.2 Å². The normalized spacial score (nSPS) is 16.8. The molecule has 11 aromatic rings. The van der Waals surface area contributed by atoms with Crippen molar-refractivity contribution >= 4 is 122 Å². The van der Waals surface area contributed by atoms with Gasteiger partial charge in [-0.3, -0.25) is 14.4 Å². The summed E-state index contributed by atoms with van der Waals surface area (Å²) in [4.78, 5) is 41.3. The van der Waals surface area contributed by atoms with E-state index in [1.165, 1.54) is 43.2 Å². The van der Waals surface area contributed by atoms with Crippen LogP contribution in [0.3, 0.4) is 0 Å². The zero-order valence-electron chi connectivity index (χ0n) is 65.4. The molecule has 0 radical (unpaired) electrons. The highest BCUT2D eigenvalue weighted by molar-refractivity contribution is 6.37. The number of ether oxygens (including phenoxy) is 3. The third-order valence-electron chi connectivity index (χ3n) is 22.5. The quantitative estimate of drug-likeness (QED) is 0.0602. The van der Waals surface area contributed by atoms with Crippen molar-refractivity contribution in [2.75, 3.05) is 27.9 Å². The van der Waals surface area contributed by atoms with Gasteiger partial charge in [-0.1, -0.05) is 180 Å². The first-order valence-corrected chi connectivity index (χ1v) is 42.1. The number of aryl methyl sites for hydroxylation is 1. The molecule has 116 heavy (non-hydrogen) atoms. The first-order valence-electron chi connectivity index (χ1n) is 39.9. The Kier molecular flexibility index (Phi) is 27.4. The number of hydrogen-bond acceptors (Lipinski definition) is 10. The van der Waals surface area contributed by atoms with Crippen molar-refractivity contribution < 1.29 is 33.7 Å². The van der Waals surface area contributed by atoms with Gasteiger partial charge in [0, 0.05) is 37.8 Å². The van der Waals surface area contributed by atoms with Gasteiger partial charge in [0.05, 0.1) is 89.2 Å². The number of aliphatic hydroxyl groups is 1. The molecule has 5 aliphatic carbocycles. The number of carbonyl (C=O) groups excluding carboxylic acids is 3. The molecule has 3 amide bonds. The first-order chi connectivity index (χ1) is 56.4. The number of amides is 3. The lowest BCUT2D eigenvalue weighted by atomic mass is 9.84. The van der Waals surface area contributed by atoms with Crippen molar-refractivity contribution in [3.63, 3.8) is 0 Å². The summed E-state index contributed by atoms with van der Waals surface area (Å²) in [5, 5.41) is 37.4. The SMILES string of the molecule is COc1ccc(/C=C2\CCCCc3c(C(=O)N[C@@H]4CCc5ccccc54)nn(-c4ccc(Cl)cc4Cl)c32)cc1.COc1ccc(/C=C2\CCCCc3c(C(=O)N[C@H](C)C4CCCCC4)nn(-c4ccc(Cl)cc4Cl)c32)cc1.COc1ccc(/C=C2\CCCCc3c(C(=O)N[C@H](CO)c4ccccc4)nn(-c4ccc(Cl)cc4Cl)c32)cc1. The molecule has 0 bridgehead atoms. The summed E-state index contributed by atoms with van der Waals surface area (Å²) in [5.74, 6) is 2.33. The molecular weight excluding hydrogens is 1580 g/mol. The third-order valence-corrected chi connectivity index (χ3v) is 24.1. The van der Waals surface area contributed by atoms with Crippen LogP contribution in [0.15, 0.2) is 182 Å². The second-order valence-electron chi connectivity index (χ2n) is 30.0. The van der Waals surface area contributed by atoms with Crippen molar-refractivity contribution in [1.29, 1.82) is 0 Å². The second kappa shape index (κ2) is 38.5. The number of methoxy groups -OCH3 is 3. The number of halogens is 6. The summed E-state index contributed by atoms with van der Waals surface area (Å²) in [6.07, 6.45) is 25.2. The van der Waals surface area contributed by atoms with E-state index in [0.717, 1.165) is 173 Å². The average molecular weight is 1670 g/mol. The molecule has 5 aliphatic rings. The number of benzene rings is 8. The maximum Gasteiger partial charge on any atom is 0.272 e.